The van der Waals surface area contributed by atoms with E-state index in [9.17, 15) is 22.8 Å². The fourth-order valence-electron chi connectivity index (χ4n) is 2.59. The molecule has 10 heteroatoms. The first kappa shape index (κ1) is 17.1. The number of hydrogen-bond acceptors (Lipinski definition) is 3. The first-order valence-electron chi connectivity index (χ1n) is 7.00. The van der Waals surface area contributed by atoms with Crippen LogP contribution in [-0.2, 0) is 11.3 Å². The molecule has 1 fully saturated rings. The van der Waals surface area contributed by atoms with E-state index in [4.69, 9.17) is 5.11 Å². The van der Waals surface area contributed by atoms with Crippen molar-refractivity contribution in [2.24, 2.45) is 11.8 Å². The fourth-order valence-corrected chi connectivity index (χ4v) is 2.59. The molecule has 1 aliphatic heterocycles. The number of carbonyl (C=O) groups is 2. The fraction of sp³-hybridized carbons (Fsp3) is 0.615. The number of carbonyl (C=O) groups excluding carboxylic acids is 1. The summed E-state index contributed by atoms with van der Waals surface area (Å²) in [4.78, 5) is 27.8. The van der Waals surface area contributed by atoms with Gasteiger partial charge < -0.3 is 19.9 Å². The zero-order valence-electron chi connectivity index (χ0n) is 12.4. The molecule has 0 spiro atoms. The van der Waals surface area contributed by atoms with Gasteiger partial charge in [-0.25, -0.2) is 9.78 Å². The van der Waals surface area contributed by atoms with Crippen molar-refractivity contribution in [2.45, 2.75) is 19.6 Å². The molecular formula is C13H17F3N4O3. The van der Waals surface area contributed by atoms with Crippen LogP contribution in [0.2, 0.25) is 0 Å². The van der Waals surface area contributed by atoms with E-state index < -0.39 is 43.1 Å². The molecule has 0 saturated carbocycles. The Kier molecular flexibility index (Phi) is 4.81. The highest BCUT2D eigenvalue weighted by Gasteiger charge is 2.53. The van der Waals surface area contributed by atoms with Crippen LogP contribution in [0.4, 0.5) is 18.0 Å². The lowest BCUT2D eigenvalue weighted by Crippen LogP contribution is -2.40. The standard InChI is InChI=1S/C13H17F3N4O3/c1-8-17-2-4-19(8)5-3-18-12(23)20-6-9(11(21)22)10(7-20)13(14,15)16/h2,4,9-10H,3,5-7H2,1H3,(H,18,23)(H,21,22)/t9-,10-/m1/s1. The smallest absolute Gasteiger partial charge is 0.394 e. The maximum Gasteiger partial charge on any atom is 0.394 e. The molecule has 1 saturated heterocycles. The van der Waals surface area contributed by atoms with Crippen LogP contribution in [0.25, 0.3) is 0 Å². The van der Waals surface area contributed by atoms with Gasteiger partial charge in [-0.05, 0) is 6.92 Å². The highest BCUT2D eigenvalue weighted by atomic mass is 19.4. The van der Waals surface area contributed by atoms with Crippen molar-refractivity contribution in [3.8, 4) is 0 Å². The maximum absolute atomic E-state index is 12.9. The van der Waals surface area contributed by atoms with E-state index in [1.807, 2.05) is 0 Å². The number of nitrogens with zero attached hydrogens (tertiary/aromatic N) is 3. The molecule has 0 radical (unpaired) electrons. The molecule has 23 heavy (non-hydrogen) atoms. The first-order valence-corrected chi connectivity index (χ1v) is 7.00. The Labute approximate surface area is 130 Å². The number of rotatable bonds is 4. The van der Waals surface area contributed by atoms with Gasteiger partial charge in [0.25, 0.3) is 0 Å². The molecule has 0 unspecified atom stereocenters. The average Bonchev–Trinajstić information content (AvgIpc) is 3.05. The number of imidazole rings is 1. The molecule has 2 heterocycles. The topological polar surface area (TPSA) is 87.5 Å². The second kappa shape index (κ2) is 6.47. The Balaban J connectivity index is 1.90. The normalized spacial score (nSPS) is 21.5. The summed E-state index contributed by atoms with van der Waals surface area (Å²) in [5.41, 5.74) is 0. The summed E-state index contributed by atoms with van der Waals surface area (Å²) in [6.07, 6.45) is -1.33. The number of carboxylic acids is 1. The number of alkyl halides is 3. The number of carboxylic acid groups (broad SMARTS) is 1. The number of halogens is 3. The van der Waals surface area contributed by atoms with Crippen LogP contribution < -0.4 is 5.32 Å². The summed E-state index contributed by atoms with van der Waals surface area (Å²) in [6, 6.07) is -0.694. The lowest BCUT2D eigenvalue weighted by molar-refractivity contribution is -0.187. The summed E-state index contributed by atoms with van der Waals surface area (Å²) in [7, 11) is 0. The van der Waals surface area contributed by atoms with Crippen molar-refractivity contribution in [1.82, 2.24) is 19.8 Å². The zero-order valence-corrected chi connectivity index (χ0v) is 12.4. The zero-order chi connectivity index (χ0) is 17.2. The molecule has 128 valence electrons. The maximum atomic E-state index is 12.9. The quantitative estimate of drug-likeness (QED) is 0.863. The summed E-state index contributed by atoms with van der Waals surface area (Å²) in [6.45, 7) is 1.33. The molecule has 2 atom stereocenters. The molecular weight excluding hydrogens is 317 g/mol. The average molecular weight is 334 g/mol. The van der Waals surface area contributed by atoms with Gasteiger partial charge in [-0.2, -0.15) is 13.2 Å². The van der Waals surface area contributed by atoms with Crippen molar-refractivity contribution in [1.29, 1.82) is 0 Å². The van der Waals surface area contributed by atoms with Crippen molar-refractivity contribution in [3.05, 3.63) is 18.2 Å². The van der Waals surface area contributed by atoms with E-state index in [2.05, 4.69) is 10.3 Å². The van der Waals surface area contributed by atoms with Gasteiger partial charge in [-0.1, -0.05) is 0 Å². The Bertz CT molecular complexity index is 587. The minimum atomic E-state index is -4.65. The van der Waals surface area contributed by atoms with E-state index >= 15 is 0 Å². The number of nitrogens with one attached hydrogen (secondary N) is 1. The van der Waals surface area contributed by atoms with Crippen LogP contribution in [0, 0.1) is 18.8 Å². The SMILES string of the molecule is Cc1nccn1CCNC(=O)N1C[C@@H](C(F)(F)F)[C@H](C(=O)O)C1. The van der Waals surface area contributed by atoms with Crippen LogP contribution in [0.1, 0.15) is 5.82 Å². The molecule has 7 nitrogen and oxygen atoms in total. The van der Waals surface area contributed by atoms with Crippen molar-refractivity contribution in [2.75, 3.05) is 19.6 Å². The monoisotopic (exact) mass is 334 g/mol. The molecule has 2 N–H and O–H groups in total. The Morgan fingerprint density at radius 1 is 1.43 bits per heavy atom. The number of aromatic nitrogens is 2. The third-order valence-corrected chi connectivity index (χ3v) is 3.90. The molecule has 0 aromatic carbocycles. The summed E-state index contributed by atoms with van der Waals surface area (Å²) < 4.78 is 40.4. The molecule has 1 aromatic rings. The molecule has 1 aromatic heterocycles. The van der Waals surface area contributed by atoms with Gasteiger partial charge in [-0.3, -0.25) is 4.79 Å². The van der Waals surface area contributed by atoms with Crippen LogP contribution in [-0.4, -0.2) is 57.4 Å². The molecule has 0 bridgehead atoms. The Hall–Kier alpha value is -2.26. The van der Waals surface area contributed by atoms with E-state index in [1.165, 1.54) is 0 Å². The van der Waals surface area contributed by atoms with E-state index in [0.29, 0.717) is 6.54 Å². The van der Waals surface area contributed by atoms with Crippen LogP contribution in [0.15, 0.2) is 12.4 Å². The lowest BCUT2D eigenvalue weighted by Gasteiger charge is -2.18. The second-order valence-electron chi connectivity index (χ2n) is 5.40. The minimum Gasteiger partial charge on any atom is -0.481 e. The number of aryl methyl sites for hydroxylation is 1. The van der Waals surface area contributed by atoms with Gasteiger partial charge in [0.05, 0.1) is 11.8 Å². The number of likely N-dealkylation sites (tertiary alicyclic amines) is 1. The van der Waals surface area contributed by atoms with Gasteiger partial charge in [-0.15, -0.1) is 0 Å². The van der Waals surface area contributed by atoms with Crippen LogP contribution in [0.3, 0.4) is 0 Å². The number of amides is 2. The summed E-state index contributed by atoms with van der Waals surface area (Å²) in [5.74, 6) is -4.46. The third kappa shape index (κ3) is 3.93. The number of hydrogen-bond donors (Lipinski definition) is 2. The molecule has 2 amide bonds. The third-order valence-electron chi connectivity index (χ3n) is 3.90. The van der Waals surface area contributed by atoms with Gasteiger partial charge in [0.2, 0.25) is 0 Å². The molecule has 1 aliphatic rings. The van der Waals surface area contributed by atoms with Crippen molar-refractivity contribution >= 4 is 12.0 Å². The lowest BCUT2D eigenvalue weighted by atomic mass is 9.96. The second-order valence-corrected chi connectivity index (χ2v) is 5.40. The minimum absolute atomic E-state index is 0.209. The largest absolute Gasteiger partial charge is 0.481 e. The van der Waals surface area contributed by atoms with E-state index in [1.54, 1.807) is 23.9 Å². The van der Waals surface area contributed by atoms with Crippen LogP contribution >= 0.6 is 0 Å². The highest BCUT2D eigenvalue weighted by molar-refractivity contribution is 5.77. The van der Waals surface area contributed by atoms with Gasteiger partial charge >= 0.3 is 18.2 Å². The summed E-state index contributed by atoms with van der Waals surface area (Å²) in [5, 5.41) is 11.4. The number of urea groups is 1. The Morgan fingerprint density at radius 2 is 2.13 bits per heavy atom. The summed E-state index contributed by atoms with van der Waals surface area (Å²) >= 11 is 0. The van der Waals surface area contributed by atoms with E-state index in [0.717, 1.165) is 10.7 Å². The van der Waals surface area contributed by atoms with Gasteiger partial charge in [0.15, 0.2) is 0 Å². The van der Waals surface area contributed by atoms with Gasteiger partial charge in [0.1, 0.15) is 5.82 Å². The van der Waals surface area contributed by atoms with Gasteiger partial charge in [0, 0.05) is 38.6 Å². The van der Waals surface area contributed by atoms with E-state index in [-0.39, 0.29) is 6.54 Å². The highest BCUT2D eigenvalue weighted by Crippen LogP contribution is 2.37. The van der Waals surface area contributed by atoms with Crippen LogP contribution in [0.5, 0.6) is 0 Å². The first-order chi connectivity index (χ1) is 10.7. The predicted octanol–water partition coefficient (Wildman–Crippen LogP) is 1.10. The van der Waals surface area contributed by atoms with Crippen molar-refractivity contribution in [3.63, 3.8) is 0 Å². The number of aliphatic carboxylic acids is 1. The molecule has 2 rings (SSSR count). The molecule has 0 aliphatic carbocycles. The Morgan fingerprint density at radius 3 is 2.61 bits per heavy atom. The van der Waals surface area contributed by atoms with Crippen molar-refractivity contribution < 1.29 is 27.9 Å². The predicted molar refractivity (Wildman–Crippen MR) is 72.6 cm³/mol.